The third kappa shape index (κ3) is 4.04. The molecule has 0 spiro atoms. The first-order valence-electron chi connectivity index (χ1n) is 8.26. The molecule has 0 saturated carbocycles. The Labute approximate surface area is 144 Å². The zero-order chi connectivity index (χ0) is 18.1. The molecule has 0 atom stereocenters. The van der Waals surface area contributed by atoms with E-state index in [0.29, 0.717) is 5.75 Å². The summed E-state index contributed by atoms with van der Waals surface area (Å²) in [5.41, 5.74) is 4.38. The molecule has 1 N–H and O–H groups in total. The summed E-state index contributed by atoms with van der Waals surface area (Å²) in [4.78, 5) is 12.0. The van der Waals surface area contributed by atoms with E-state index in [0.717, 1.165) is 33.7 Å². The first-order valence-corrected chi connectivity index (χ1v) is 8.26. The summed E-state index contributed by atoms with van der Waals surface area (Å²) in [6.07, 6.45) is 3.58. The Morgan fingerprint density at radius 1 is 1.00 bits per heavy atom. The zero-order valence-electron chi connectivity index (χ0n) is 15.6. The SMILES string of the molecule is CC.CC.COc1cc(-c2cnc3[nH]ccc3n2)cc(C)c1OC. The number of aromatic amines is 1. The lowest BCUT2D eigenvalue weighted by Gasteiger charge is -2.12. The van der Waals surface area contributed by atoms with E-state index in [9.17, 15) is 0 Å². The van der Waals surface area contributed by atoms with Gasteiger partial charge in [-0.25, -0.2) is 9.97 Å². The van der Waals surface area contributed by atoms with Crippen molar-refractivity contribution in [3.63, 3.8) is 0 Å². The van der Waals surface area contributed by atoms with Crippen LogP contribution in [0, 0.1) is 6.92 Å². The van der Waals surface area contributed by atoms with Gasteiger partial charge in [0.2, 0.25) is 0 Å². The summed E-state index contributed by atoms with van der Waals surface area (Å²) in [7, 11) is 3.26. The average molecular weight is 329 g/mol. The Morgan fingerprint density at radius 2 is 1.71 bits per heavy atom. The number of nitrogens with one attached hydrogen (secondary N) is 1. The van der Waals surface area contributed by atoms with E-state index < -0.39 is 0 Å². The highest BCUT2D eigenvalue weighted by atomic mass is 16.5. The van der Waals surface area contributed by atoms with E-state index in [1.807, 2.05) is 59.0 Å². The average Bonchev–Trinajstić information content (AvgIpc) is 3.12. The van der Waals surface area contributed by atoms with E-state index in [1.54, 1.807) is 20.4 Å². The monoisotopic (exact) mass is 329 g/mol. The van der Waals surface area contributed by atoms with Crippen molar-refractivity contribution in [1.82, 2.24) is 15.0 Å². The molecular weight excluding hydrogens is 302 g/mol. The van der Waals surface area contributed by atoms with Crippen molar-refractivity contribution in [3.05, 3.63) is 36.2 Å². The molecule has 3 rings (SSSR count). The van der Waals surface area contributed by atoms with E-state index in [1.165, 1.54) is 0 Å². The lowest BCUT2D eigenvalue weighted by Crippen LogP contribution is -1.95. The van der Waals surface area contributed by atoms with Gasteiger partial charge in [0.05, 0.1) is 26.1 Å². The third-order valence-electron chi connectivity index (χ3n) is 3.22. The van der Waals surface area contributed by atoms with Gasteiger partial charge in [0.25, 0.3) is 0 Å². The molecule has 0 radical (unpaired) electrons. The largest absolute Gasteiger partial charge is 0.493 e. The number of methoxy groups -OCH3 is 2. The van der Waals surface area contributed by atoms with Crippen molar-refractivity contribution in [2.24, 2.45) is 0 Å². The Kier molecular flexibility index (Phi) is 7.75. The van der Waals surface area contributed by atoms with Crippen molar-refractivity contribution >= 4 is 11.2 Å². The number of H-pyrrole nitrogens is 1. The molecule has 0 aliphatic heterocycles. The predicted molar refractivity (Wildman–Crippen MR) is 99.9 cm³/mol. The van der Waals surface area contributed by atoms with Gasteiger partial charge in [-0.15, -0.1) is 0 Å². The Hall–Kier alpha value is -2.56. The highest BCUT2D eigenvalue weighted by Crippen LogP contribution is 2.35. The van der Waals surface area contributed by atoms with Crippen molar-refractivity contribution in [3.8, 4) is 22.8 Å². The van der Waals surface area contributed by atoms with Crippen LogP contribution in [0.3, 0.4) is 0 Å². The van der Waals surface area contributed by atoms with E-state index in [4.69, 9.17) is 9.47 Å². The minimum atomic E-state index is 0.693. The van der Waals surface area contributed by atoms with Gasteiger partial charge in [-0.05, 0) is 30.7 Å². The van der Waals surface area contributed by atoms with Crippen LogP contribution in [-0.2, 0) is 0 Å². The maximum absolute atomic E-state index is 5.37. The number of rotatable bonds is 3. The number of aromatic nitrogens is 3. The second-order valence-corrected chi connectivity index (χ2v) is 4.50. The smallest absolute Gasteiger partial charge is 0.163 e. The standard InChI is InChI=1S/C15H15N3O2.2C2H6/c1-9-6-10(7-13(19-2)14(9)20-3)12-8-17-15-11(18-12)4-5-16-15;2*1-2/h4-8H,1-3H3,(H,16,17);2*1-2H3. The molecule has 3 aromatic rings. The number of hydrogen-bond donors (Lipinski definition) is 1. The predicted octanol–water partition coefficient (Wildman–Crippen LogP) is 5.00. The van der Waals surface area contributed by atoms with Crippen molar-refractivity contribution in [2.45, 2.75) is 34.6 Å². The first-order chi connectivity index (χ1) is 11.7. The van der Waals surface area contributed by atoms with Gasteiger partial charge in [-0.2, -0.15) is 0 Å². The van der Waals surface area contributed by atoms with Crippen molar-refractivity contribution in [1.29, 1.82) is 0 Å². The molecule has 5 heteroatoms. The molecule has 0 aliphatic carbocycles. The molecule has 130 valence electrons. The van der Waals surface area contributed by atoms with Crippen LogP contribution in [0.5, 0.6) is 11.5 Å². The van der Waals surface area contributed by atoms with Crippen LogP contribution in [-0.4, -0.2) is 29.2 Å². The van der Waals surface area contributed by atoms with Gasteiger partial charge in [0, 0.05) is 11.8 Å². The highest BCUT2D eigenvalue weighted by Gasteiger charge is 2.12. The molecule has 0 aliphatic rings. The first kappa shape index (κ1) is 19.5. The molecule has 0 bridgehead atoms. The highest BCUT2D eigenvalue weighted by molar-refractivity contribution is 5.75. The maximum atomic E-state index is 5.37. The van der Waals surface area contributed by atoms with E-state index in [-0.39, 0.29) is 0 Å². The Balaban J connectivity index is 0.000000671. The third-order valence-corrected chi connectivity index (χ3v) is 3.22. The Bertz CT molecular complexity index is 766. The lowest BCUT2D eigenvalue weighted by atomic mass is 10.1. The van der Waals surface area contributed by atoms with Crippen LogP contribution < -0.4 is 9.47 Å². The molecule has 0 saturated heterocycles. The van der Waals surface area contributed by atoms with Crippen LogP contribution in [0.15, 0.2) is 30.6 Å². The number of nitrogens with zero attached hydrogens (tertiary/aromatic N) is 2. The quantitative estimate of drug-likeness (QED) is 0.734. The minimum absolute atomic E-state index is 0.693. The van der Waals surface area contributed by atoms with Crippen molar-refractivity contribution in [2.75, 3.05) is 14.2 Å². The number of fused-ring (bicyclic) bond motifs is 1. The summed E-state index contributed by atoms with van der Waals surface area (Å²) in [5.74, 6) is 1.44. The van der Waals surface area contributed by atoms with Gasteiger partial charge < -0.3 is 14.5 Å². The van der Waals surface area contributed by atoms with Crippen LogP contribution in [0.1, 0.15) is 33.3 Å². The van der Waals surface area contributed by atoms with E-state index >= 15 is 0 Å². The molecule has 2 heterocycles. The molecule has 0 fully saturated rings. The number of hydrogen-bond acceptors (Lipinski definition) is 4. The number of ether oxygens (including phenoxy) is 2. The van der Waals surface area contributed by atoms with Crippen LogP contribution in [0.4, 0.5) is 0 Å². The summed E-state index contributed by atoms with van der Waals surface area (Å²) in [5, 5.41) is 0. The molecular formula is C19H27N3O2. The van der Waals surface area contributed by atoms with Crippen LogP contribution >= 0.6 is 0 Å². The normalized spacial score (nSPS) is 9.46. The van der Waals surface area contributed by atoms with Gasteiger partial charge >= 0.3 is 0 Å². The van der Waals surface area contributed by atoms with Crippen LogP contribution in [0.2, 0.25) is 0 Å². The fraction of sp³-hybridized carbons (Fsp3) is 0.368. The summed E-state index contributed by atoms with van der Waals surface area (Å²) >= 11 is 0. The number of benzene rings is 1. The summed E-state index contributed by atoms with van der Waals surface area (Å²) in [6, 6.07) is 5.83. The molecule has 0 amide bonds. The fourth-order valence-corrected chi connectivity index (χ4v) is 2.27. The van der Waals surface area contributed by atoms with Crippen LogP contribution in [0.25, 0.3) is 22.4 Å². The second kappa shape index (κ2) is 9.55. The molecule has 0 unspecified atom stereocenters. The van der Waals surface area contributed by atoms with Gasteiger partial charge in [0.15, 0.2) is 17.1 Å². The van der Waals surface area contributed by atoms with Gasteiger partial charge in [-0.3, -0.25) is 0 Å². The lowest BCUT2D eigenvalue weighted by molar-refractivity contribution is 0.353. The van der Waals surface area contributed by atoms with E-state index in [2.05, 4.69) is 15.0 Å². The second-order valence-electron chi connectivity index (χ2n) is 4.50. The minimum Gasteiger partial charge on any atom is -0.493 e. The topological polar surface area (TPSA) is 60.0 Å². The van der Waals surface area contributed by atoms with Gasteiger partial charge in [-0.1, -0.05) is 27.7 Å². The summed E-state index contributed by atoms with van der Waals surface area (Å²) in [6.45, 7) is 9.98. The van der Waals surface area contributed by atoms with Gasteiger partial charge in [0.1, 0.15) is 5.52 Å². The number of aryl methyl sites for hydroxylation is 1. The molecule has 1 aromatic carbocycles. The fourth-order valence-electron chi connectivity index (χ4n) is 2.27. The maximum Gasteiger partial charge on any atom is 0.163 e. The molecule has 24 heavy (non-hydrogen) atoms. The Morgan fingerprint density at radius 3 is 2.33 bits per heavy atom. The van der Waals surface area contributed by atoms with Crippen molar-refractivity contribution < 1.29 is 9.47 Å². The summed E-state index contributed by atoms with van der Waals surface area (Å²) < 4.78 is 10.7. The zero-order valence-corrected chi connectivity index (χ0v) is 15.6. The molecule has 5 nitrogen and oxygen atoms in total. The molecule has 2 aromatic heterocycles.